The summed E-state index contributed by atoms with van der Waals surface area (Å²) >= 11 is 0. The first-order chi connectivity index (χ1) is 17.0. The number of esters is 1. The molecule has 0 bridgehead atoms. The molecule has 2 atom stereocenters. The molecular formula is C25H22F4N2O5. The van der Waals surface area contributed by atoms with Gasteiger partial charge in [0.05, 0.1) is 7.11 Å². The smallest absolute Gasteiger partial charge is 0.328 e. The number of amides is 1. The lowest BCUT2D eigenvalue weighted by Gasteiger charge is -2.26. The summed E-state index contributed by atoms with van der Waals surface area (Å²) in [4.78, 5) is 29.0. The molecule has 7 nitrogen and oxygen atoms in total. The summed E-state index contributed by atoms with van der Waals surface area (Å²) < 4.78 is 65.2. The van der Waals surface area contributed by atoms with E-state index in [4.69, 9.17) is 9.47 Å². The van der Waals surface area contributed by atoms with Crippen LogP contribution in [0.2, 0.25) is 0 Å². The molecule has 0 aliphatic carbocycles. The molecule has 2 aromatic carbocycles. The lowest BCUT2D eigenvalue weighted by atomic mass is 9.87. The standard InChI is InChI=1S/C25H22F4N2O5/c1-12(31-24(33)22-23(32)20(35-3)8-9-30-22)25(34)36-13(2)21(14-4-6-16(26)18(28)10-14)15-5-7-17(27)19(29)11-15/h4-13,21,32H,1-3H3,(H,31,33)/t12-,13-/m0/s1. The maximum atomic E-state index is 13.9. The highest BCUT2D eigenvalue weighted by molar-refractivity contribution is 5.97. The van der Waals surface area contributed by atoms with Gasteiger partial charge in [-0.15, -0.1) is 0 Å². The predicted octanol–water partition coefficient (Wildman–Crippen LogP) is 4.23. The van der Waals surface area contributed by atoms with Crippen LogP contribution < -0.4 is 10.1 Å². The molecule has 190 valence electrons. The minimum Gasteiger partial charge on any atom is -0.503 e. The first-order valence-corrected chi connectivity index (χ1v) is 10.7. The van der Waals surface area contributed by atoms with Gasteiger partial charge >= 0.3 is 5.97 Å². The second-order valence-electron chi connectivity index (χ2n) is 7.87. The summed E-state index contributed by atoms with van der Waals surface area (Å²) in [5.41, 5.74) is -0.103. The Morgan fingerprint density at radius 2 is 1.47 bits per heavy atom. The SMILES string of the molecule is COc1ccnc(C(=O)N[C@@H](C)C(=O)O[C@@H](C)C(c2ccc(F)c(F)c2)c2ccc(F)c(F)c2)c1O. The Morgan fingerprint density at radius 1 is 0.917 bits per heavy atom. The highest BCUT2D eigenvalue weighted by Gasteiger charge is 2.29. The fourth-order valence-corrected chi connectivity index (χ4v) is 3.59. The third kappa shape index (κ3) is 5.73. The number of pyridine rings is 1. The molecule has 3 aromatic rings. The number of hydrogen-bond acceptors (Lipinski definition) is 6. The zero-order valence-corrected chi connectivity index (χ0v) is 19.4. The number of methoxy groups -OCH3 is 1. The molecule has 0 spiro atoms. The normalized spacial score (nSPS) is 12.7. The Labute approximate surface area is 203 Å². The number of hydrogen-bond donors (Lipinski definition) is 2. The summed E-state index contributed by atoms with van der Waals surface area (Å²) in [6.07, 6.45) is 0.141. The molecular weight excluding hydrogens is 484 g/mol. The molecule has 11 heteroatoms. The summed E-state index contributed by atoms with van der Waals surface area (Å²) in [7, 11) is 1.29. The second kappa shape index (κ2) is 11.1. The summed E-state index contributed by atoms with van der Waals surface area (Å²) in [6, 6.07) is 6.03. The van der Waals surface area contributed by atoms with E-state index in [2.05, 4.69) is 10.3 Å². The zero-order chi connectivity index (χ0) is 26.6. The van der Waals surface area contributed by atoms with E-state index < -0.39 is 59.0 Å². The first-order valence-electron chi connectivity index (χ1n) is 10.7. The van der Waals surface area contributed by atoms with Crippen LogP contribution in [-0.4, -0.2) is 41.2 Å². The van der Waals surface area contributed by atoms with Crippen molar-refractivity contribution in [3.63, 3.8) is 0 Å². The third-order valence-electron chi connectivity index (χ3n) is 5.40. The van der Waals surface area contributed by atoms with Crippen molar-refractivity contribution in [1.29, 1.82) is 0 Å². The molecule has 0 radical (unpaired) electrons. The molecule has 0 saturated carbocycles. The Morgan fingerprint density at radius 3 is 1.97 bits per heavy atom. The number of aromatic nitrogens is 1. The van der Waals surface area contributed by atoms with Gasteiger partial charge in [0.15, 0.2) is 40.5 Å². The Kier molecular flexibility index (Phi) is 8.13. The molecule has 1 aromatic heterocycles. The molecule has 36 heavy (non-hydrogen) atoms. The number of nitrogens with one attached hydrogen (secondary N) is 1. The van der Waals surface area contributed by atoms with Gasteiger partial charge in [-0.05, 0) is 49.2 Å². The van der Waals surface area contributed by atoms with Gasteiger partial charge in [0.2, 0.25) is 0 Å². The van der Waals surface area contributed by atoms with Gasteiger partial charge in [0.1, 0.15) is 12.1 Å². The fourth-order valence-electron chi connectivity index (χ4n) is 3.59. The molecule has 0 unspecified atom stereocenters. The van der Waals surface area contributed by atoms with Crippen LogP contribution in [0.4, 0.5) is 17.6 Å². The molecule has 3 rings (SSSR count). The lowest BCUT2D eigenvalue weighted by molar-refractivity contribution is -0.150. The van der Waals surface area contributed by atoms with E-state index in [0.717, 1.165) is 24.3 Å². The van der Waals surface area contributed by atoms with Crippen molar-refractivity contribution in [2.24, 2.45) is 0 Å². The number of nitrogens with zero attached hydrogens (tertiary/aromatic N) is 1. The van der Waals surface area contributed by atoms with Crippen LogP contribution in [0, 0.1) is 23.3 Å². The monoisotopic (exact) mass is 506 g/mol. The van der Waals surface area contributed by atoms with Crippen molar-refractivity contribution in [2.45, 2.75) is 31.9 Å². The second-order valence-corrected chi connectivity index (χ2v) is 7.87. The molecule has 1 amide bonds. The maximum absolute atomic E-state index is 13.9. The van der Waals surface area contributed by atoms with Gasteiger partial charge in [-0.3, -0.25) is 4.79 Å². The summed E-state index contributed by atoms with van der Waals surface area (Å²) in [5, 5.41) is 12.4. The van der Waals surface area contributed by atoms with Crippen molar-refractivity contribution >= 4 is 11.9 Å². The van der Waals surface area contributed by atoms with E-state index in [0.29, 0.717) is 0 Å². The molecule has 0 fully saturated rings. The number of carbonyl (C=O) groups is 2. The van der Waals surface area contributed by atoms with Crippen LogP contribution in [0.15, 0.2) is 48.7 Å². The minimum absolute atomic E-state index is 0.0000891. The maximum Gasteiger partial charge on any atom is 0.328 e. The fraction of sp³-hybridized carbons (Fsp3) is 0.240. The van der Waals surface area contributed by atoms with Crippen molar-refractivity contribution in [3.8, 4) is 11.5 Å². The van der Waals surface area contributed by atoms with E-state index in [1.807, 2.05) is 0 Å². The van der Waals surface area contributed by atoms with Gasteiger partial charge < -0.3 is 19.9 Å². The molecule has 0 aliphatic rings. The van der Waals surface area contributed by atoms with Gasteiger partial charge in [0.25, 0.3) is 5.91 Å². The number of benzene rings is 2. The Bertz CT molecular complexity index is 1240. The Balaban J connectivity index is 1.82. The molecule has 1 heterocycles. The van der Waals surface area contributed by atoms with Gasteiger partial charge in [0, 0.05) is 18.2 Å². The van der Waals surface area contributed by atoms with Crippen molar-refractivity contribution in [3.05, 3.63) is 88.8 Å². The number of halogens is 4. The van der Waals surface area contributed by atoms with Crippen LogP contribution in [-0.2, 0) is 9.53 Å². The number of ether oxygens (including phenoxy) is 2. The molecule has 0 aliphatic heterocycles. The van der Waals surface area contributed by atoms with Crippen LogP contribution in [0.25, 0.3) is 0 Å². The molecule has 2 N–H and O–H groups in total. The van der Waals surface area contributed by atoms with Gasteiger partial charge in [-0.2, -0.15) is 0 Å². The van der Waals surface area contributed by atoms with Crippen molar-refractivity contribution < 1.29 is 41.7 Å². The van der Waals surface area contributed by atoms with Crippen molar-refractivity contribution in [2.75, 3.05) is 7.11 Å². The number of carbonyl (C=O) groups excluding carboxylic acids is 2. The average Bonchev–Trinajstić information content (AvgIpc) is 2.83. The predicted molar refractivity (Wildman–Crippen MR) is 119 cm³/mol. The summed E-state index contributed by atoms with van der Waals surface area (Å²) in [6.45, 7) is 2.74. The number of aromatic hydroxyl groups is 1. The van der Waals surface area contributed by atoms with E-state index >= 15 is 0 Å². The van der Waals surface area contributed by atoms with Gasteiger partial charge in [-0.25, -0.2) is 27.3 Å². The average molecular weight is 506 g/mol. The third-order valence-corrected chi connectivity index (χ3v) is 5.40. The largest absolute Gasteiger partial charge is 0.503 e. The number of rotatable bonds is 8. The minimum atomic E-state index is -1.23. The van der Waals surface area contributed by atoms with Crippen LogP contribution in [0.1, 0.15) is 41.4 Å². The quantitative estimate of drug-likeness (QED) is 0.351. The van der Waals surface area contributed by atoms with E-state index in [9.17, 15) is 32.3 Å². The molecule has 0 saturated heterocycles. The van der Waals surface area contributed by atoms with Crippen molar-refractivity contribution in [1.82, 2.24) is 10.3 Å². The highest BCUT2D eigenvalue weighted by atomic mass is 19.2. The van der Waals surface area contributed by atoms with E-state index in [1.54, 1.807) is 0 Å². The topological polar surface area (TPSA) is 97.8 Å². The highest BCUT2D eigenvalue weighted by Crippen LogP contribution is 2.32. The summed E-state index contributed by atoms with van der Waals surface area (Å²) in [5.74, 6) is -7.92. The Hall–Kier alpha value is -4.15. The van der Waals surface area contributed by atoms with Crippen LogP contribution >= 0.6 is 0 Å². The lowest BCUT2D eigenvalue weighted by Crippen LogP contribution is -2.41. The van der Waals surface area contributed by atoms with E-state index in [1.165, 1.54) is 45.4 Å². The zero-order valence-electron chi connectivity index (χ0n) is 19.4. The van der Waals surface area contributed by atoms with Crippen LogP contribution in [0.3, 0.4) is 0 Å². The first kappa shape index (κ1) is 26.5. The van der Waals surface area contributed by atoms with Gasteiger partial charge in [-0.1, -0.05) is 12.1 Å². The van der Waals surface area contributed by atoms with Crippen LogP contribution in [0.5, 0.6) is 11.5 Å². The van der Waals surface area contributed by atoms with E-state index in [-0.39, 0.29) is 22.6 Å².